The molecule has 8 nitrogen and oxygen atoms in total. The quantitative estimate of drug-likeness (QED) is 0.699. The molecule has 4 rings (SSSR count). The topological polar surface area (TPSA) is 116 Å². The minimum Gasteiger partial charge on any atom is -0.486 e. The third-order valence-corrected chi connectivity index (χ3v) is 9.11. The molecule has 0 spiro atoms. The van der Waals surface area contributed by atoms with Crippen LogP contribution in [0.3, 0.4) is 0 Å². The van der Waals surface area contributed by atoms with E-state index in [1.807, 2.05) is 0 Å². The first-order valence-corrected chi connectivity index (χ1v) is 12.5. The van der Waals surface area contributed by atoms with Gasteiger partial charge >= 0.3 is 0 Å². The van der Waals surface area contributed by atoms with E-state index < -0.39 is 48.0 Å². The number of carbonyl (C=O) groups excluding carboxylic acids is 1. The molecule has 1 fully saturated rings. The number of halogens is 1. The molecule has 160 valence electrons. The summed E-state index contributed by atoms with van der Waals surface area (Å²) in [6, 6.07) is 7.53. The number of hydrogen-bond donors (Lipinski definition) is 1. The van der Waals surface area contributed by atoms with Crippen molar-refractivity contribution in [2.24, 2.45) is 0 Å². The fourth-order valence-electron chi connectivity index (χ4n) is 3.37. The Bertz CT molecular complexity index is 1230. The Morgan fingerprint density at radius 2 is 1.80 bits per heavy atom. The highest BCUT2D eigenvalue weighted by molar-refractivity contribution is 7.96. The Morgan fingerprint density at radius 3 is 2.50 bits per heavy atom. The van der Waals surface area contributed by atoms with Crippen LogP contribution in [0.1, 0.15) is 16.8 Å². The summed E-state index contributed by atoms with van der Waals surface area (Å²) < 4.78 is 74.0. The first-order chi connectivity index (χ1) is 14.2. The second-order valence-corrected chi connectivity index (χ2v) is 11.5. The van der Waals surface area contributed by atoms with Crippen molar-refractivity contribution in [1.82, 2.24) is 0 Å². The van der Waals surface area contributed by atoms with Gasteiger partial charge in [0.1, 0.15) is 19.0 Å². The summed E-state index contributed by atoms with van der Waals surface area (Å²) in [5.74, 6) is -1.49. The largest absolute Gasteiger partial charge is 0.486 e. The molecule has 0 unspecified atom stereocenters. The van der Waals surface area contributed by atoms with Gasteiger partial charge in [0.05, 0.1) is 27.2 Å². The first-order valence-electron chi connectivity index (χ1n) is 9.11. The molecule has 1 atom stereocenters. The molecule has 2 aliphatic rings. The van der Waals surface area contributed by atoms with Gasteiger partial charge in [-0.05, 0) is 36.8 Å². The summed E-state index contributed by atoms with van der Waals surface area (Å²) in [5, 5.41) is 1.40. The van der Waals surface area contributed by atoms with Crippen LogP contribution in [0.4, 0.5) is 10.1 Å². The maximum Gasteiger partial charge on any atom is 0.258 e. The average molecular weight is 455 g/mol. The average Bonchev–Trinajstić information content (AvgIpc) is 3.08. The maximum absolute atomic E-state index is 14.3. The lowest BCUT2D eigenvalue weighted by Crippen LogP contribution is -2.23. The number of nitrogens with one attached hydrogen (secondary N) is 1. The van der Waals surface area contributed by atoms with Crippen LogP contribution < -0.4 is 14.8 Å². The van der Waals surface area contributed by atoms with Crippen molar-refractivity contribution >= 4 is 31.3 Å². The van der Waals surface area contributed by atoms with Crippen LogP contribution in [0, 0.1) is 5.82 Å². The molecule has 0 bridgehead atoms. The number of amides is 1. The van der Waals surface area contributed by atoms with Gasteiger partial charge < -0.3 is 14.8 Å². The normalized spacial score (nSPS) is 20.0. The zero-order valence-electron chi connectivity index (χ0n) is 15.6. The molecule has 0 aromatic heterocycles. The minimum atomic E-state index is -4.03. The van der Waals surface area contributed by atoms with Crippen molar-refractivity contribution in [3.05, 3.63) is 47.8 Å². The van der Waals surface area contributed by atoms with Crippen molar-refractivity contribution in [2.45, 2.75) is 16.6 Å². The van der Waals surface area contributed by atoms with Crippen LogP contribution >= 0.6 is 0 Å². The zero-order valence-corrected chi connectivity index (χ0v) is 17.3. The lowest BCUT2D eigenvalue weighted by atomic mass is 10.2. The maximum atomic E-state index is 14.3. The summed E-state index contributed by atoms with van der Waals surface area (Å²) in [5.41, 5.74) is -0.148. The lowest BCUT2D eigenvalue weighted by molar-refractivity contribution is 0.102. The van der Waals surface area contributed by atoms with E-state index in [0.717, 1.165) is 18.2 Å². The van der Waals surface area contributed by atoms with Crippen molar-refractivity contribution in [3.8, 4) is 11.5 Å². The number of benzene rings is 2. The van der Waals surface area contributed by atoms with E-state index in [-0.39, 0.29) is 17.1 Å². The van der Waals surface area contributed by atoms with Crippen molar-refractivity contribution in [2.75, 3.05) is 30.0 Å². The number of fused-ring (bicyclic) bond motifs is 1. The first kappa shape index (κ1) is 20.6. The van der Waals surface area contributed by atoms with Gasteiger partial charge in [-0.1, -0.05) is 0 Å². The molecule has 0 radical (unpaired) electrons. The molecule has 2 aromatic rings. The summed E-state index contributed by atoms with van der Waals surface area (Å²) in [6.07, 6.45) is -0.0270. The Hall–Kier alpha value is -2.66. The van der Waals surface area contributed by atoms with E-state index in [9.17, 15) is 26.0 Å². The highest BCUT2D eigenvalue weighted by atomic mass is 32.2. The summed E-state index contributed by atoms with van der Waals surface area (Å²) in [7, 11) is -7.45. The number of ether oxygens (including phenoxy) is 2. The number of anilines is 1. The molecule has 0 saturated carbocycles. The molecule has 2 heterocycles. The van der Waals surface area contributed by atoms with Gasteiger partial charge in [-0.3, -0.25) is 4.79 Å². The van der Waals surface area contributed by atoms with Gasteiger partial charge in [-0.15, -0.1) is 0 Å². The Morgan fingerprint density at radius 1 is 1.07 bits per heavy atom. The molecular formula is C19H18FNO7S2. The van der Waals surface area contributed by atoms with Gasteiger partial charge in [-0.2, -0.15) is 0 Å². The third-order valence-electron chi connectivity index (χ3n) is 4.94. The Balaban J connectivity index is 1.59. The predicted molar refractivity (Wildman–Crippen MR) is 106 cm³/mol. The van der Waals surface area contributed by atoms with Gasteiger partial charge in [0.15, 0.2) is 31.2 Å². The van der Waals surface area contributed by atoms with Crippen LogP contribution in [0.5, 0.6) is 11.5 Å². The fraction of sp³-hybridized carbons (Fsp3) is 0.316. The second-order valence-electron chi connectivity index (χ2n) is 7.02. The lowest BCUT2D eigenvalue weighted by Gasteiger charge is -2.19. The molecule has 11 heteroatoms. The molecular weight excluding hydrogens is 437 g/mol. The zero-order chi connectivity index (χ0) is 21.5. The third kappa shape index (κ3) is 3.99. The van der Waals surface area contributed by atoms with Crippen molar-refractivity contribution in [3.63, 3.8) is 0 Å². The van der Waals surface area contributed by atoms with E-state index in [0.29, 0.717) is 30.4 Å². The molecule has 2 aliphatic heterocycles. The summed E-state index contributed by atoms with van der Waals surface area (Å²) in [6.45, 7) is 0.767. The number of sulfone groups is 2. The van der Waals surface area contributed by atoms with E-state index >= 15 is 0 Å². The standard InChI is InChI=1S/C19H18FNO7S2/c20-16-3-2-13(30(25,26)14-5-8-29(23,24)11-14)10-15(16)19(22)21-12-1-4-17-18(9-12)28-7-6-27-17/h1-4,9-10,14H,5-8,11H2,(H,21,22)/t14-/m0/s1. The second kappa shape index (κ2) is 7.55. The van der Waals surface area contributed by atoms with E-state index in [1.165, 1.54) is 6.07 Å². The van der Waals surface area contributed by atoms with Gasteiger partial charge in [0.2, 0.25) is 0 Å². The smallest absolute Gasteiger partial charge is 0.258 e. The van der Waals surface area contributed by atoms with E-state index in [4.69, 9.17) is 9.47 Å². The van der Waals surface area contributed by atoms with E-state index in [2.05, 4.69) is 5.32 Å². The molecule has 1 N–H and O–H groups in total. The van der Waals surface area contributed by atoms with Gasteiger partial charge in [0, 0.05) is 11.8 Å². The van der Waals surface area contributed by atoms with Crippen LogP contribution in [0.15, 0.2) is 41.3 Å². The van der Waals surface area contributed by atoms with Crippen LogP contribution in [-0.4, -0.2) is 52.7 Å². The van der Waals surface area contributed by atoms with Crippen molar-refractivity contribution in [1.29, 1.82) is 0 Å². The Kier molecular flexibility index (Phi) is 5.18. The summed E-state index contributed by atoms with van der Waals surface area (Å²) >= 11 is 0. The molecule has 30 heavy (non-hydrogen) atoms. The highest BCUT2D eigenvalue weighted by Gasteiger charge is 2.38. The molecule has 2 aromatic carbocycles. The number of rotatable bonds is 4. The fourth-order valence-corrected chi connectivity index (χ4v) is 7.76. The summed E-state index contributed by atoms with van der Waals surface area (Å²) in [4.78, 5) is 12.3. The van der Waals surface area contributed by atoms with Crippen molar-refractivity contribution < 1.29 is 35.5 Å². The minimum absolute atomic E-state index is 0.0270. The van der Waals surface area contributed by atoms with Gasteiger partial charge in [0.25, 0.3) is 5.91 Å². The number of carbonyl (C=O) groups is 1. The van der Waals surface area contributed by atoms with Gasteiger partial charge in [-0.25, -0.2) is 21.2 Å². The predicted octanol–water partition coefficient (Wildman–Crippen LogP) is 1.81. The van der Waals surface area contributed by atoms with Crippen LogP contribution in [0.2, 0.25) is 0 Å². The van der Waals surface area contributed by atoms with Crippen LogP contribution in [-0.2, 0) is 19.7 Å². The van der Waals surface area contributed by atoms with E-state index in [1.54, 1.807) is 12.1 Å². The Labute approximate surface area is 172 Å². The number of hydrogen-bond acceptors (Lipinski definition) is 7. The molecule has 0 aliphatic carbocycles. The van der Waals surface area contributed by atoms with Crippen LogP contribution in [0.25, 0.3) is 0 Å². The molecule has 1 saturated heterocycles. The SMILES string of the molecule is O=C(Nc1ccc2c(c1)OCCO2)c1cc(S(=O)(=O)[C@H]2CCS(=O)(=O)C2)ccc1F. The highest BCUT2D eigenvalue weighted by Crippen LogP contribution is 2.33. The monoisotopic (exact) mass is 455 g/mol. The molecule has 1 amide bonds.